The topological polar surface area (TPSA) is 71.9 Å². The summed E-state index contributed by atoms with van der Waals surface area (Å²) < 4.78 is 1.06. The van der Waals surface area contributed by atoms with Crippen LogP contribution in [0.5, 0.6) is 0 Å². The average Bonchev–Trinajstić information content (AvgIpc) is 1.88. The quantitative estimate of drug-likeness (QED) is 0.583. The fraction of sp³-hybridized carbons (Fsp3) is 0. The number of halogens is 1. The Bertz CT molecular complexity index is 307. The van der Waals surface area contributed by atoms with Crippen molar-refractivity contribution in [1.29, 1.82) is 5.41 Å². The molecule has 0 fully saturated rings. The van der Waals surface area contributed by atoms with Crippen molar-refractivity contribution < 1.29 is 4.79 Å². The number of carbonyl (C=O) groups excluding carboxylic acids is 1. The van der Waals surface area contributed by atoms with Crippen LogP contribution >= 0.6 is 12.4 Å². The number of primary amides is 1. The Labute approximate surface area is 69.6 Å². The predicted molar refractivity (Wildman–Crippen MR) is 42.5 cm³/mol. The van der Waals surface area contributed by atoms with E-state index in [-0.39, 0.29) is 17.9 Å². The van der Waals surface area contributed by atoms with Crippen LogP contribution in [0.2, 0.25) is 0 Å². The van der Waals surface area contributed by atoms with Crippen LogP contribution in [-0.2, 0) is 0 Å². The van der Waals surface area contributed by atoms with E-state index in [1.54, 1.807) is 12.1 Å². The molecule has 1 aromatic rings. The minimum Gasteiger partial charge on any atom is -0.351 e. The lowest BCUT2D eigenvalue weighted by Crippen LogP contribution is -2.30. The number of carbonyl (C=O) groups is 1. The first-order valence-corrected chi connectivity index (χ1v) is 2.74. The Morgan fingerprint density at radius 2 is 2.18 bits per heavy atom. The molecule has 1 amide bonds. The van der Waals surface area contributed by atoms with Crippen LogP contribution in [0.1, 0.15) is 0 Å². The first kappa shape index (κ1) is 9.71. The van der Waals surface area contributed by atoms with Crippen molar-refractivity contribution in [2.45, 2.75) is 0 Å². The molecule has 1 aromatic heterocycles. The van der Waals surface area contributed by atoms with Gasteiger partial charge in [-0.15, -0.1) is 12.4 Å². The summed E-state index contributed by atoms with van der Waals surface area (Å²) in [6.07, 6.45) is 1.45. The van der Waals surface area contributed by atoms with Gasteiger partial charge in [0.2, 0.25) is 0 Å². The van der Waals surface area contributed by atoms with Crippen molar-refractivity contribution in [3.63, 3.8) is 0 Å². The predicted octanol–water partition coefficient (Wildman–Crippen LogP) is 0.316. The van der Waals surface area contributed by atoms with E-state index in [0.29, 0.717) is 0 Å². The Morgan fingerprint density at radius 3 is 2.55 bits per heavy atom. The van der Waals surface area contributed by atoms with E-state index in [1.807, 2.05) is 0 Å². The average molecular weight is 174 g/mol. The smallest absolute Gasteiger partial charge is 0.324 e. The molecule has 11 heavy (non-hydrogen) atoms. The number of amides is 1. The molecule has 0 saturated heterocycles. The number of nitrogens with zero attached hydrogens (tertiary/aromatic N) is 1. The third-order valence-electron chi connectivity index (χ3n) is 1.10. The summed E-state index contributed by atoms with van der Waals surface area (Å²) in [6.45, 7) is 0. The van der Waals surface area contributed by atoms with Gasteiger partial charge in [-0.3, -0.25) is 9.98 Å². The van der Waals surface area contributed by atoms with Gasteiger partial charge in [0.15, 0.2) is 0 Å². The Hall–Kier alpha value is -1.29. The molecule has 0 aliphatic heterocycles. The van der Waals surface area contributed by atoms with Gasteiger partial charge in [-0.05, 0) is 12.1 Å². The SMILES string of the molecule is Cl.N=c1ccccn1C(N)=O. The van der Waals surface area contributed by atoms with Crippen LogP contribution < -0.4 is 11.2 Å². The summed E-state index contributed by atoms with van der Waals surface area (Å²) >= 11 is 0. The zero-order valence-corrected chi connectivity index (χ0v) is 6.47. The monoisotopic (exact) mass is 173 g/mol. The summed E-state index contributed by atoms with van der Waals surface area (Å²) in [6, 6.07) is 4.17. The van der Waals surface area contributed by atoms with Crippen LogP contribution in [-0.4, -0.2) is 10.6 Å². The highest BCUT2D eigenvalue weighted by atomic mass is 35.5. The molecule has 3 N–H and O–H groups in total. The lowest BCUT2D eigenvalue weighted by Gasteiger charge is -1.97. The van der Waals surface area contributed by atoms with Gasteiger partial charge in [0.25, 0.3) is 0 Å². The zero-order valence-electron chi connectivity index (χ0n) is 5.65. The third kappa shape index (κ3) is 2.09. The fourth-order valence-electron chi connectivity index (χ4n) is 0.635. The maximum atomic E-state index is 10.5. The van der Waals surface area contributed by atoms with Gasteiger partial charge in [-0.25, -0.2) is 4.79 Å². The second-order valence-corrected chi connectivity index (χ2v) is 1.79. The van der Waals surface area contributed by atoms with Gasteiger partial charge in [-0.2, -0.15) is 0 Å². The molecule has 0 aliphatic rings. The Balaban J connectivity index is 0.000001000. The molecule has 5 heteroatoms. The van der Waals surface area contributed by atoms with Crippen LogP contribution in [0.3, 0.4) is 0 Å². The van der Waals surface area contributed by atoms with Crippen molar-refractivity contribution in [3.05, 3.63) is 29.9 Å². The van der Waals surface area contributed by atoms with Crippen LogP contribution in [0.25, 0.3) is 0 Å². The normalized spacial score (nSPS) is 8.36. The van der Waals surface area contributed by atoms with Crippen LogP contribution in [0, 0.1) is 5.41 Å². The molecular formula is C6H8ClN3O. The number of pyridine rings is 1. The number of hydrogen-bond acceptors (Lipinski definition) is 2. The van der Waals surface area contributed by atoms with Gasteiger partial charge >= 0.3 is 6.03 Å². The van der Waals surface area contributed by atoms with Crippen LogP contribution in [0.4, 0.5) is 4.79 Å². The number of nitrogens with two attached hydrogens (primary N) is 1. The molecule has 0 aliphatic carbocycles. The molecule has 1 rings (SSSR count). The first-order valence-electron chi connectivity index (χ1n) is 2.74. The zero-order chi connectivity index (χ0) is 7.56. The lowest BCUT2D eigenvalue weighted by atomic mass is 10.5. The van der Waals surface area contributed by atoms with Crippen molar-refractivity contribution in [2.75, 3.05) is 0 Å². The number of hydrogen-bond donors (Lipinski definition) is 2. The Morgan fingerprint density at radius 1 is 1.55 bits per heavy atom. The van der Waals surface area contributed by atoms with Gasteiger partial charge in [-0.1, -0.05) is 6.07 Å². The van der Waals surface area contributed by atoms with Gasteiger partial charge < -0.3 is 5.73 Å². The maximum absolute atomic E-state index is 10.5. The second kappa shape index (κ2) is 3.78. The maximum Gasteiger partial charge on any atom is 0.324 e. The van der Waals surface area contributed by atoms with Gasteiger partial charge in [0.1, 0.15) is 5.49 Å². The minimum atomic E-state index is -0.634. The molecule has 0 aromatic carbocycles. The van der Waals surface area contributed by atoms with E-state index >= 15 is 0 Å². The van der Waals surface area contributed by atoms with Crippen LogP contribution in [0.15, 0.2) is 24.4 Å². The largest absolute Gasteiger partial charge is 0.351 e. The summed E-state index contributed by atoms with van der Waals surface area (Å²) in [5, 5.41) is 7.16. The molecule has 0 bridgehead atoms. The summed E-state index contributed by atoms with van der Waals surface area (Å²) in [5.74, 6) is 0. The van der Waals surface area contributed by atoms with E-state index in [1.165, 1.54) is 12.3 Å². The fourth-order valence-corrected chi connectivity index (χ4v) is 0.635. The standard InChI is InChI=1S/C6H7N3O.ClH/c7-5-3-1-2-4-9(5)6(8)10;/h1-4,7H,(H2,8,10);1H. The molecule has 1 heterocycles. The number of aromatic nitrogens is 1. The molecular weight excluding hydrogens is 166 g/mol. The summed E-state index contributed by atoms with van der Waals surface area (Å²) in [5.41, 5.74) is 5.01. The molecule has 0 spiro atoms. The van der Waals surface area contributed by atoms with Gasteiger partial charge in [0.05, 0.1) is 0 Å². The lowest BCUT2D eigenvalue weighted by molar-refractivity contribution is 0.249. The highest BCUT2D eigenvalue weighted by Crippen LogP contribution is 1.77. The molecule has 0 atom stereocenters. The molecule has 0 radical (unpaired) electrons. The van der Waals surface area contributed by atoms with Crippen molar-refractivity contribution >= 4 is 18.4 Å². The highest BCUT2D eigenvalue weighted by Gasteiger charge is 1.93. The molecule has 0 unspecified atom stereocenters. The number of rotatable bonds is 0. The molecule has 0 saturated carbocycles. The van der Waals surface area contributed by atoms with E-state index in [9.17, 15) is 4.79 Å². The summed E-state index contributed by atoms with van der Waals surface area (Å²) in [7, 11) is 0. The Kier molecular flexibility index (Phi) is 3.33. The third-order valence-corrected chi connectivity index (χ3v) is 1.10. The van der Waals surface area contributed by atoms with Crippen molar-refractivity contribution in [2.24, 2.45) is 5.73 Å². The first-order chi connectivity index (χ1) is 4.72. The van der Waals surface area contributed by atoms with E-state index in [0.717, 1.165) is 4.57 Å². The highest BCUT2D eigenvalue weighted by molar-refractivity contribution is 5.85. The summed E-state index contributed by atoms with van der Waals surface area (Å²) in [4.78, 5) is 10.5. The number of nitrogens with one attached hydrogen (secondary N) is 1. The van der Waals surface area contributed by atoms with E-state index in [2.05, 4.69) is 0 Å². The van der Waals surface area contributed by atoms with E-state index in [4.69, 9.17) is 11.1 Å². The van der Waals surface area contributed by atoms with Gasteiger partial charge in [0, 0.05) is 6.20 Å². The second-order valence-electron chi connectivity index (χ2n) is 1.79. The molecule has 60 valence electrons. The van der Waals surface area contributed by atoms with E-state index < -0.39 is 6.03 Å². The minimum absolute atomic E-state index is 0. The molecule has 4 nitrogen and oxygen atoms in total. The van der Waals surface area contributed by atoms with Crippen molar-refractivity contribution in [1.82, 2.24) is 4.57 Å². The van der Waals surface area contributed by atoms with Crippen molar-refractivity contribution in [3.8, 4) is 0 Å².